The van der Waals surface area contributed by atoms with Gasteiger partial charge in [-0.2, -0.15) is 11.8 Å². The average molecular weight is 324 g/mol. The topological polar surface area (TPSA) is 37.0 Å². The fourth-order valence-corrected chi connectivity index (χ4v) is 4.04. The van der Waals surface area contributed by atoms with E-state index in [0.29, 0.717) is 5.11 Å². The van der Waals surface area contributed by atoms with Gasteiger partial charge in [0, 0.05) is 18.0 Å². The highest BCUT2D eigenvalue weighted by molar-refractivity contribution is 7.99. The van der Waals surface area contributed by atoms with Gasteiger partial charge in [0.25, 0.3) is 0 Å². The molecule has 0 atom stereocenters. The largest absolute Gasteiger partial charge is 0.362 e. The molecule has 0 saturated heterocycles. The number of rotatable bonds is 6. The van der Waals surface area contributed by atoms with Crippen LogP contribution in [0.5, 0.6) is 0 Å². The first-order valence-corrected chi connectivity index (χ1v) is 9.29. The molecule has 1 saturated carbocycles. The average Bonchev–Trinajstić information content (AvgIpc) is 2.48. The van der Waals surface area contributed by atoms with Crippen molar-refractivity contribution in [2.24, 2.45) is 0 Å². The maximum absolute atomic E-state index is 5.29. The van der Waals surface area contributed by atoms with E-state index in [9.17, 15) is 0 Å². The maximum atomic E-state index is 5.29. The Balaban J connectivity index is 1.54. The first-order chi connectivity index (χ1) is 10.2. The fourth-order valence-electron chi connectivity index (χ4n) is 2.52. The molecule has 0 aromatic carbocycles. The summed E-state index contributed by atoms with van der Waals surface area (Å²) in [5.41, 5.74) is 1.18. The molecule has 0 radical (unpaired) electrons. The normalized spacial score (nSPS) is 15.7. The summed E-state index contributed by atoms with van der Waals surface area (Å²) in [6.07, 6.45) is 10.1. The zero-order chi connectivity index (χ0) is 14.9. The number of anilines is 1. The molecule has 0 unspecified atom stereocenters. The zero-order valence-corrected chi connectivity index (χ0v) is 14.4. The van der Waals surface area contributed by atoms with Gasteiger partial charge in [0.05, 0.1) is 0 Å². The molecule has 0 amide bonds. The molecular formula is C16H25N3S2. The molecule has 0 spiro atoms. The summed E-state index contributed by atoms with van der Waals surface area (Å²) >= 11 is 7.42. The van der Waals surface area contributed by atoms with Crippen LogP contribution in [-0.2, 0) is 0 Å². The Morgan fingerprint density at radius 3 is 2.95 bits per heavy atom. The van der Waals surface area contributed by atoms with Gasteiger partial charge in [0.1, 0.15) is 5.82 Å². The molecule has 3 nitrogen and oxygen atoms in total. The Bertz CT molecular complexity index is 445. The monoisotopic (exact) mass is 323 g/mol. The number of aromatic nitrogens is 1. The quantitative estimate of drug-likeness (QED) is 0.608. The predicted octanol–water partition coefficient (Wildman–Crippen LogP) is 4.13. The molecule has 1 aliphatic carbocycles. The Hall–Kier alpha value is -0.810. The smallest absolute Gasteiger partial charge is 0.171 e. The number of nitrogens with zero attached hydrogens (tertiary/aromatic N) is 1. The molecule has 1 aromatic heterocycles. The SMILES string of the molecule is Cc1ccnc(NC(=S)NCCCSC2CCCCC2)c1. The summed E-state index contributed by atoms with van der Waals surface area (Å²) in [6.45, 7) is 2.98. The summed E-state index contributed by atoms with van der Waals surface area (Å²) in [6, 6.07) is 3.97. The highest BCUT2D eigenvalue weighted by Crippen LogP contribution is 2.28. The molecular weight excluding hydrogens is 298 g/mol. The van der Waals surface area contributed by atoms with Gasteiger partial charge in [0.2, 0.25) is 0 Å². The van der Waals surface area contributed by atoms with Gasteiger partial charge >= 0.3 is 0 Å². The van der Waals surface area contributed by atoms with Crippen molar-refractivity contribution in [3.63, 3.8) is 0 Å². The van der Waals surface area contributed by atoms with Gasteiger partial charge in [0.15, 0.2) is 5.11 Å². The van der Waals surface area contributed by atoms with Crippen LogP contribution in [0.1, 0.15) is 44.1 Å². The van der Waals surface area contributed by atoms with E-state index in [1.54, 1.807) is 6.20 Å². The van der Waals surface area contributed by atoms with E-state index in [1.165, 1.54) is 43.4 Å². The minimum Gasteiger partial charge on any atom is -0.362 e. The third-order valence-corrected chi connectivity index (χ3v) is 5.38. The lowest BCUT2D eigenvalue weighted by Gasteiger charge is -2.20. The molecule has 2 N–H and O–H groups in total. The number of hydrogen-bond donors (Lipinski definition) is 2. The first-order valence-electron chi connectivity index (χ1n) is 7.83. The van der Waals surface area contributed by atoms with Gasteiger partial charge in [-0.3, -0.25) is 0 Å². The highest BCUT2D eigenvalue weighted by Gasteiger charge is 2.12. The van der Waals surface area contributed by atoms with Crippen LogP contribution in [-0.4, -0.2) is 27.6 Å². The van der Waals surface area contributed by atoms with Crippen LogP contribution in [0.4, 0.5) is 5.82 Å². The second-order valence-corrected chi connectivity index (χ2v) is 7.40. The molecule has 1 heterocycles. The van der Waals surface area contributed by atoms with E-state index in [2.05, 4.69) is 27.4 Å². The Morgan fingerprint density at radius 2 is 2.19 bits per heavy atom. The van der Waals surface area contributed by atoms with Gasteiger partial charge in [-0.15, -0.1) is 0 Å². The van der Waals surface area contributed by atoms with Gasteiger partial charge in [-0.1, -0.05) is 19.3 Å². The lowest BCUT2D eigenvalue weighted by molar-refractivity contribution is 0.516. The lowest BCUT2D eigenvalue weighted by atomic mass is 10.0. The summed E-state index contributed by atoms with van der Waals surface area (Å²) in [4.78, 5) is 4.24. The number of thioether (sulfide) groups is 1. The van der Waals surface area contributed by atoms with Crippen molar-refractivity contribution in [2.45, 2.75) is 50.7 Å². The summed E-state index contributed by atoms with van der Waals surface area (Å²) in [7, 11) is 0. The Labute approximate surface area is 137 Å². The minimum absolute atomic E-state index is 0.663. The second-order valence-electron chi connectivity index (χ2n) is 5.58. The minimum atomic E-state index is 0.663. The zero-order valence-electron chi connectivity index (χ0n) is 12.7. The van der Waals surface area contributed by atoms with Crippen LogP contribution in [0.25, 0.3) is 0 Å². The lowest BCUT2D eigenvalue weighted by Crippen LogP contribution is -2.30. The van der Waals surface area contributed by atoms with Crippen molar-refractivity contribution in [3.8, 4) is 0 Å². The fraction of sp³-hybridized carbons (Fsp3) is 0.625. The molecule has 1 aliphatic rings. The van der Waals surface area contributed by atoms with Crippen molar-refractivity contribution in [1.29, 1.82) is 0 Å². The Morgan fingerprint density at radius 1 is 1.38 bits per heavy atom. The first kappa shape index (κ1) is 16.6. The van der Waals surface area contributed by atoms with E-state index in [1.807, 2.05) is 19.1 Å². The van der Waals surface area contributed by atoms with Crippen LogP contribution in [0.15, 0.2) is 18.3 Å². The molecule has 0 bridgehead atoms. The van der Waals surface area contributed by atoms with Crippen molar-refractivity contribution in [1.82, 2.24) is 10.3 Å². The molecule has 2 rings (SSSR count). The molecule has 1 fully saturated rings. The second kappa shape index (κ2) is 9.26. The van der Waals surface area contributed by atoms with Crippen LogP contribution in [0.2, 0.25) is 0 Å². The summed E-state index contributed by atoms with van der Waals surface area (Å²) in [5, 5.41) is 7.95. The standard InChI is InChI=1S/C16H25N3S2/c1-13-8-10-17-15(12-13)19-16(20)18-9-5-11-21-14-6-3-2-4-7-14/h8,10,12,14H,2-7,9,11H2,1H3,(H2,17,18,19,20). The number of aryl methyl sites for hydroxylation is 1. The van der Waals surface area contributed by atoms with Crippen molar-refractivity contribution in [3.05, 3.63) is 23.9 Å². The van der Waals surface area contributed by atoms with E-state index >= 15 is 0 Å². The molecule has 0 aliphatic heterocycles. The van der Waals surface area contributed by atoms with Crippen molar-refractivity contribution >= 4 is 34.9 Å². The van der Waals surface area contributed by atoms with E-state index < -0.39 is 0 Å². The Kier molecular flexibility index (Phi) is 7.30. The van der Waals surface area contributed by atoms with Crippen LogP contribution in [0.3, 0.4) is 0 Å². The summed E-state index contributed by atoms with van der Waals surface area (Å²) in [5.74, 6) is 2.03. The van der Waals surface area contributed by atoms with E-state index in [-0.39, 0.29) is 0 Å². The highest BCUT2D eigenvalue weighted by atomic mass is 32.2. The van der Waals surface area contributed by atoms with E-state index in [4.69, 9.17) is 12.2 Å². The molecule has 21 heavy (non-hydrogen) atoms. The van der Waals surface area contributed by atoms with Gasteiger partial charge < -0.3 is 10.6 Å². The molecule has 116 valence electrons. The van der Waals surface area contributed by atoms with Crippen LogP contribution < -0.4 is 10.6 Å². The van der Waals surface area contributed by atoms with E-state index in [0.717, 1.165) is 24.0 Å². The van der Waals surface area contributed by atoms with Gasteiger partial charge in [-0.05, 0) is 61.9 Å². The van der Waals surface area contributed by atoms with Crippen molar-refractivity contribution < 1.29 is 0 Å². The third-order valence-electron chi connectivity index (χ3n) is 3.67. The van der Waals surface area contributed by atoms with Crippen LogP contribution >= 0.6 is 24.0 Å². The number of pyridine rings is 1. The molecule has 5 heteroatoms. The number of hydrogen-bond acceptors (Lipinski definition) is 3. The van der Waals surface area contributed by atoms with Gasteiger partial charge in [-0.25, -0.2) is 4.98 Å². The maximum Gasteiger partial charge on any atom is 0.171 e. The van der Waals surface area contributed by atoms with Crippen molar-refractivity contribution in [2.75, 3.05) is 17.6 Å². The molecule has 1 aromatic rings. The number of thiocarbonyl (C=S) groups is 1. The third kappa shape index (κ3) is 6.66. The number of nitrogens with one attached hydrogen (secondary N) is 2. The predicted molar refractivity (Wildman–Crippen MR) is 97.1 cm³/mol. The summed E-state index contributed by atoms with van der Waals surface area (Å²) < 4.78 is 0. The van der Waals surface area contributed by atoms with Crippen LogP contribution in [0, 0.1) is 6.92 Å².